The zero-order valence-electron chi connectivity index (χ0n) is 12.0. The molecule has 0 atom stereocenters. The maximum atomic E-state index is 12.1. The van der Waals surface area contributed by atoms with E-state index in [1.807, 2.05) is 37.4 Å². The quantitative estimate of drug-likeness (QED) is 0.734. The Hall–Kier alpha value is -1.52. The van der Waals surface area contributed by atoms with Crippen molar-refractivity contribution in [3.63, 3.8) is 0 Å². The van der Waals surface area contributed by atoms with Crippen molar-refractivity contribution >= 4 is 17.1 Å². The Morgan fingerprint density at radius 1 is 1.30 bits per heavy atom. The molecule has 2 rings (SSSR count). The van der Waals surface area contributed by atoms with Crippen molar-refractivity contribution in [3.05, 3.63) is 52.0 Å². The van der Waals surface area contributed by atoms with Crippen LogP contribution in [0.15, 0.2) is 36.5 Å². The molecule has 0 saturated carbocycles. The van der Waals surface area contributed by atoms with E-state index >= 15 is 0 Å². The molecule has 4 heteroatoms. The van der Waals surface area contributed by atoms with Gasteiger partial charge in [0.1, 0.15) is 0 Å². The highest BCUT2D eigenvalue weighted by atomic mass is 32.1. The molecule has 0 unspecified atom stereocenters. The molecule has 2 heterocycles. The lowest BCUT2D eigenvalue weighted by Gasteiger charge is -2.14. The van der Waals surface area contributed by atoms with E-state index in [2.05, 4.69) is 16.8 Å². The molecular weight excluding hydrogens is 268 g/mol. The molecule has 0 fully saturated rings. The Morgan fingerprint density at radius 2 is 2.15 bits per heavy atom. The molecule has 2 aromatic rings. The van der Waals surface area contributed by atoms with Gasteiger partial charge in [-0.3, -0.25) is 14.7 Å². The molecule has 0 aromatic carbocycles. The summed E-state index contributed by atoms with van der Waals surface area (Å²) in [5.74, 6) is 0.207. The van der Waals surface area contributed by atoms with E-state index in [-0.39, 0.29) is 5.78 Å². The maximum Gasteiger partial charge on any atom is 0.186 e. The third-order valence-electron chi connectivity index (χ3n) is 3.17. The summed E-state index contributed by atoms with van der Waals surface area (Å²) in [6, 6.07) is 9.91. The topological polar surface area (TPSA) is 33.2 Å². The van der Waals surface area contributed by atoms with Gasteiger partial charge in [-0.1, -0.05) is 13.0 Å². The highest BCUT2D eigenvalue weighted by Crippen LogP contribution is 2.17. The summed E-state index contributed by atoms with van der Waals surface area (Å²) in [7, 11) is 1.98. The summed E-state index contributed by atoms with van der Waals surface area (Å²) in [5.41, 5.74) is 1.07. The SMILES string of the molecule is CCc1ccc(C(=O)CN(C)CCc2ccccn2)s1. The number of aryl methyl sites for hydroxylation is 1. The first-order valence-electron chi connectivity index (χ1n) is 6.89. The molecule has 0 radical (unpaired) electrons. The third kappa shape index (κ3) is 4.25. The number of pyridine rings is 1. The van der Waals surface area contributed by atoms with Crippen molar-refractivity contribution in [1.29, 1.82) is 0 Å². The molecule has 3 nitrogen and oxygen atoms in total. The largest absolute Gasteiger partial charge is 0.298 e. The minimum Gasteiger partial charge on any atom is -0.298 e. The number of hydrogen-bond donors (Lipinski definition) is 0. The van der Waals surface area contributed by atoms with Crippen LogP contribution in [-0.2, 0) is 12.8 Å². The molecule has 0 aliphatic rings. The molecule has 0 aliphatic heterocycles. The van der Waals surface area contributed by atoms with Crippen LogP contribution in [-0.4, -0.2) is 35.8 Å². The van der Waals surface area contributed by atoms with Gasteiger partial charge in [0.2, 0.25) is 0 Å². The molecule has 0 spiro atoms. The molecule has 0 amide bonds. The number of ketones is 1. The van der Waals surface area contributed by atoms with Crippen LogP contribution in [0, 0.1) is 0 Å². The van der Waals surface area contributed by atoms with Gasteiger partial charge < -0.3 is 0 Å². The van der Waals surface area contributed by atoms with Gasteiger partial charge in [0.15, 0.2) is 5.78 Å². The van der Waals surface area contributed by atoms with Crippen LogP contribution in [0.25, 0.3) is 0 Å². The zero-order valence-corrected chi connectivity index (χ0v) is 12.8. The fourth-order valence-corrected chi connectivity index (χ4v) is 2.85. The molecule has 2 aromatic heterocycles. The van der Waals surface area contributed by atoms with Crippen molar-refractivity contribution in [2.24, 2.45) is 0 Å². The van der Waals surface area contributed by atoms with Gasteiger partial charge in [0, 0.05) is 29.7 Å². The first-order valence-corrected chi connectivity index (χ1v) is 7.71. The average molecular weight is 288 g/mol. The lowest BCUT2D eigenvalue weighted by Crippen LogP contribution is -2.27. The van der Waals surface area contributed by atoms with Crippen LogP contribution < -0.4 is 0 Å². The summed E-state index contributed by atoms with van der Waals surface area (Å²) in [6.45, 7) is 3.42. The summed E-state index contributed by atoms with van der Waals surface area (Å²) >= 11 is 1.61. The number of thiophene rings is 1. The molecule has 0 N–H and O–H groups in total. The first-order chi connectivity index (χ1) is 9.69. The normalized spacial score (nSPS) is 10.9. The molecule has 0 saturated heterocycles. The predicted octanol–water partition coefficient (Wildman–Crippen LogP) is 3.06. The van der Waals surface area contributed by atoms with Crippen LogP contribution in [0.2, 0.25) is 0 Å². The first kappa shape index (κ1) is 14.9. The van der Waals surface area contributed by atoms with E-state index in [9.17, 15) is 4.79 Å². The van der Waals surface area contributed by atoms with E-state index in [0.717, 1.165) is 30.0 Å². The standard InChI is InChI=1S/C16H20N2OS/c1-3-14-7-8-16(20-14)15(19)12-18(2)11-9-13-6-4-5-10-17-13/h4-8,10H,3,9,11-12H2,1-2H3. The monoisotopic (exact) mass is 288 g/mol. The van der Waals surface area contributed by atoms with Gasteiger partial charge in [-0.15, -0.1) is 11.3 Å². The Labute approximate surface area is 124 Å². The molecule has 106 valence electrons. The van der Waals surface area contributed by atoms with E-state index in [1.54, 1.807) is 17.5 Å². The van der Waals surface area contributed by atoms with Crippen molar-refractivity contribution in [1.82, 2.24) is 9.88 Å². The smallest absolute Gasteiger partial charge is 0.186 e. The van der Waals surface area contributed by atoms with E-state index < -0.39 is 0 Å². The number of carbonyl (C=O) groups is 1. The number of nitrogens with zero attached hydrogens (tertiary/aromatic N) is 2. The molecule has 0 bridgehead atoms. The van der Waals surface area contributed by atoms with Gasteiger partial charge in [-0.25, -0.2) is 0 Å². The maximum absolute atomic E-state index is 12.1. The van der Waals surface area contributed by atoms with E-state index in [4.69, 9.17) is 0 Å². The summed E-state index contributed by atoms with van der Waals surface area (Å²) in [6.07, 6.45) is 3.67. The molecule has 20 heavy (non-hydrogen) atoms. The van der Waals surface area contributed by atoms with E-state index in [1.165, 1.54) is 4.88 Å². The van der Waals surface area contributed by atoms with Crippen molar-refractivity contribution in [2.75, 3.05) is 20.1 Å². The summed E-state index contributed by atoms with van der Waals surface area (Å²) in [4.78, 5) is 20.6. The number of aromatic nitrogens is 1. The van der Waals surface area contributed by atoms with Crippen LogP contribution in [0.5, 0.6) is 0 Å². The number of hydrogen-bond acceptors (Lipinski definition) is 4. The average Bonchev–Trinajstić information content (AvgIpc) is 2.95. The number of likely N-dealkylation sites (N-methyl/N-ethyl adjacent to an activating group) is 1. The second-order valence-electron chi connectivity index (χ2n) is 4.85. The van der Waals surface area contributed by atoms with Gasteiger partial charge >= 0.3 is 0 Å². The van der Waals surface area contributed by atoms with Gasteiger partial charge in [-0.05, 0) is 37.7 Å². The third-order valence-corrected chi connectivity index (χ3v) is 4.44. The molecular formula is C16H20N2OS. The fourth-order valence-electron chi connectivity index (χ4n) is 1.97. The summed E-state index contributed by atoms with van der Waals surface area (Å²) in [5, 5.41) is 0. The molecule has 0 aliphatic carbocycles. The zero-order chi connectivity index (χ0) is 14.4. The van der Waals surface area contributed by atoms with Crippen molar-refractivity contribution in [3.8, 4) is 0 Å². The highest BCUT2D eigenvalue weighted by Gasteiger charge is 2.11. The number of rotatable bonds is 7. The van der Waals surface area contributed by atoms with Crippen molar-refractivity contribution < 1.29 is 4.79 Å². The van der Waals surface area contributed by atoms with Crippen LogP contribution >= 0.6 is 11.3 Å². The lowest BCUT2D eigenvalue weighted by molar-refractivity contribution is 0.0950. The Kier molecular flexibility index (Phi) is 5.44. The van der Waals surface area contributed by atoms with E-state index in [0.29, 0.717) is 6.54 Å². The second-order valence-corrected chi connectivity index (χ2v) is 6.02. The summed E-state index contributed by atoms with van der Waals surface area (Å²) < 4.78 is 0. The minimum atomic E-state index is 0.207. The Balaban J connectivity index is 1.82. The number of carbonyl (C=O) groups excluding carboxylic acids is 1. The van der Waals surface area contributed by atoms with Crippen molar-refractivity contribution in [2.45, 2.75) is 19.8 Å². The lowest BCUT2D eigenvalue weighted by atomic mass is 10.2. The Morgan fingerprint density at radius 3 is 2.80 bits per heavy atom. The fraction of sp³-hybridized carbons (Fsp3) is 0.375. The Bertz CT molecular complexity index is 551. The predicted molar refractivity (Wildman–Crippen MR) is 83.5 cm³/mol. The van der Waals surface area contributed by atoms with Crippen LogP contribution in [0.1, 0.15) is 27.2 Å². The highest BCUT2D eigenvalue weighted by molar-refractivity contribution is 7.14. The minimum absolute atomic E-state index is 0.207. The number of Topliss-reactive ketones (excluding diaryl/α,β-unsaturated/α-hetero) is 1. The van der Waals surface area contributed by atoms with Gasteiger partial charge in [0.05, 0.1) is 11.4 Å². The van der Waals surface area contributed by atoms with Crippen LogP contribution in [0.4, 0.5) is 0 Å². The second kappa shape index (κ2) is 7.31. The van der Waals surface area contributed by atoms with Gasteiger partial charge in [-0.2, -0.15) is 0 Å². The van der Waals surface area contributed by atoms with Crippen LogP contribution in [0.3, 0.4) is 0 Å². The van der Waals surface area contributed by atoms with Gasteiger partial charge in [0.25, 0.3) is 0 Å².